The van der Waals surface area contributed by atoms with Crippen LogP contribution in [0.15, 0.2) is 18.2 Å². The number of nitrogens with one attached hydrogen (secondary N) is 2. The molecule has 3 N–H and O–H groups in total. The van der Waals surface area contributed by atoms with Crippen LogP contribution in [0.2, 0.25) is 0 Å². The zero-order chi connectivity index (χ0) is 13.3. The third-order valence-electron chi connectivity index (χ3n) is 3.17. The number of amides is 1. The van der Waals surface area contributed by atoms with Gasteiger partial charge in [0.2, 0.25) is 5.91 Å². The number of hydrogen-bond donors (Lipinski definition) is 3. The molecule has 0 fully saturated rings. The Morgan fingerprint density at radius 1 is 1.33 bits per heavy atom. The largest absolute Gasteiger partial charge is 0.387 e. The van der Waals surface area contributed by atoms with Crippen molar-refractivity contribution in [3.05, 3.63) is 29.3 Å². The van der Waals surface area contributed by atoms with Gasteiger partial charge in [-0.3, -0.25) is 4.79 Å². The Labute approximate surface area is 107 Å². The topological polar surface area (TPSA) is 61.4 Å². The lowest BCUT2D eigenvalue weighted by atomic mass is 9.99. The molecule has 2 unspecified atom stereocenters. The Morgan fingerprint density at radius 3 is 2.72 bits per heavy atom. The fraction of sp³-hybridized carbons (Fsp3) is 0.500. The maximum absolute atomic E-state index is 11.3. The molecule has 0 aliphatic carbocycles. The van der Waals surface area contributed by atoms with Crippen LogP contribution < -0.4 is 10.6 Å². The number of rotatable bonds is 4. The van der Waals surface area contributed by atoms with Gasteiger partial charge in [-0.2, -0.15) is 0 Å². The van der Waals surface area contributed by atoms with E-state index in [1.807, 2.05) is 25.1 Å². The highest BCUT2D eigenvalue weighted by Crippen LogP contribution is 2.27. The quantitative estimate of drug-likeness (QED) is 0.758. The Balaban J connectivity index is 2.14. The average Bonchev–Trinajstić information content (AvgIpc) is 2.65. The Bertz CT molecular complexity index is 457. The zero-order valence-electron chi connectivity index (χ0n) is 11.0. The normalized spacial score (nSPS) is 17.5. The van der Waals surface area contributed by atoms with Gasteiger partial charge in [0.25, 0.3) is 0 Å². The van der Waals surface area contributed by atoms with Crippen molar-refractivity contribution in [3.8, 4) is 0 Å². The smallest absolute Gasteiger partial charge is 0.228 e. The van der Waals surface area contributed by atoms with E-state index in [2.05, 4.69) is 24.5 Å². The summed E-state index contributed by atoms with van der Waals surface area (Å²) in [7, 11) is 0. The molecule has 0 spiro atoms. The number of carbonyl (C=O) groups excluding carboxylic acids is 1. The number of aliphatic hydroxyl groups is 1. The molecule has 1 aliphatic heterocycles. The molecule has 0 aromatic heterocycles. The van der Waals surface area contributed by atoms with Gasteiger partial charge >= 0.3 is 0 Å². The third kappa shape index (κ3) is 2.71. The van der Waals surface area contributed by atoms with Crippen molar-refractivity contribution in [3.63, 3.8) is 0 Å². The number of fused-ring (bicyclic) bond motifs is 1. The number of benzene rings is 1. The van der Waals surface area contributed by atoms with Gasteiger partial charge in [0.05, 0.1) is 12.5 Å². The molecule has 1 aromatic rings. The summed E-state index contributed by atoms with van der Waals surface area (Å²) in [5, 5.41) is 16.3. The maximum Gasteiger partial charge on any atom is 0.228 e. The number of hydrogen-bond acceptors (Lipinski definition) is 3. The van der Waals surface area contributed by atoms with Gasteiger partial charge in [-0.25, -0.2) is 0 Å². The zero-order valence-corrected chi connectivity index (χ0v) is 11.0. The second kappa shape index (κ2) is 5.08. The predicted octanol–water partition coefficient (Wildman–Crippen LogP) is 1.60. The Kier molecular flexibility index (Phi) is 3.68. The van der Waals surface area contributed by atoms with E-state index in [-0.39, 0.29) is 11.9 Å². The van der Waals surface area contributed by atoms with E-state index in [0.717, 1.165) is 16.8 Å². The van der Waals surface area contributed by atoms with Crippen LogP contribution in [0, 0.1) is 0 Å². The first-order chi connectivity index (χ1) is 8.47. The molecule has 1 amide bonds. The minimum absolute atomic E-state index is 0.0185. The SMILES string of the molecule is CC(C)NC(C)C(O)c1ccc2c(c1)CC(=O)N2. The first-order valence-electron chi connectivity index (χ1n) is 6.34. The fourth-order valence-electron chi connectivity index (χ4n) is 2.34. The van der Waals surface area contributed by atoms with Crippen LogP contribution in [0.1, 0.15) is 38.0 Å². The highest BCUT2D eigenvalue weighted by Gasteiger charge is 2.21. The van der Waals surface area contributed by atoms with Crippen LogP contribution in [-0.4, -0.2) is 23.1 Å². The van der Waals surface area contributed by atoms with Crippen LogP contribution >= 0.6 is 0 Å². The molecule has 18 heavy (non-hydrogen) atoms. The molecule has 0 saturated heterocycles. The van der Waals surface area contributed by atoms with E-state index in [4.69, 9.17) is 0 Å². The van der Waals surface area contributed by atoms with E-state index in [0.29, 0.717) is 12.5 Å². The summed E-state index contributed by atoms with van der Waals surface area (Å²) < 4.78 is 0. The molecule has 4 nitrogen and oxygen atoms in total. The molecular formula is C14H20N2O2. The summed E-state index contributed by atoms with van der Waals surface area (Å²) in [6.45, 7) is 6.06. The Hall–Kier alpha value is -1.39. The minimum atomic E-state index is -0.562. The monoisotopic (exact) mass is 248 g/mol. The summed E-state index contributed by atoms with van der Waals surface area (Å²) in [4.78, 5) is 11.3. The van der Waals surface area contributed by atoms with Crippen LogP contribution in [0.3, 0.4) is 0 Å². The molecule has 0 bridgehead atoms. The van der Waals surface area contributed by atoms with Crippen LogP contribution in [0.5, 0.6) is 0 Å². The molecule has 2 rings (SSSR count). The maximum atomic E-state index is 11.3. The van der Waals surface area contributed by atoms with E-state index < -0.39 is 6.10 Å². The molecule has 4 heteroatoms. The highest BCUT2D eigenvalue weighted by molar-refractivity contribution is 5.99. The molecular weight excluding hydrogens is 228 g/mol. The molecule has 0 radical (unpaired) electrons. The lowest BCUT2D eigenvalue weighted by Crippen LogP contribution is -2.36. The molecule has 98 valence electrons. The van der Waals surface area contributed by atoms with Crippen molar-refractivity contribution in [2.75, 3.05) is 5.32 Å². The van der Waals surface area contributed by atoms with E-state index in [1.54, 1.807) is 0 Å². The highest BCUT2D eigenvalue weighted by atomic mass is 16.3. The summed E-state index contributed by atoms with van der Waals surface area (Å²) in [5.74, 6) is 0.0185. The summed E-state index contributed by atoms with van der Waals surface area (Å²) in [6, 6.07) is 5.95. The fourth-order valence-corrected chi connectivity index (χ4v) is 2.34. The third-order valence-corrected chi connectivity index (χ3v) is 3.17. The molecule has 2 atom stereocenters. The standard InChI is InChI=1S/C14H20N2O2/c1-8(2)15-9(3)14(18)10-4-5-12-11(6-10)7-13(17)16-12/h4-6,8-9,14-15,18H,7H2,1-3H3,(H,16,17). The number of carbonyl (C=O) groups is 1. The van der Waals surface area contributed by atoms with Crippen LogP contribution in [0.25, 0.3) is 0 Å². The van der Waals surface area contributed by atoms with E-state index in [9.17, 15) is 9.90 Å². The van der Waals surface area contributed by atoms with Crippen molar-refractivity contribution in [1.29, 1.82) is 0 Å². The number of anilines is 1. The van der Waals surface area contributed by atoms with E-state index >= 15 is 0 Å². The van der Waals surface area contributed by atoms with Crippen molar-refractivity contribution >= 4 is 11.6 Å². The van der Waals surface area contributed by atoms with Gasteiger partial charge in [-0.15, -0.1) is 0 Å². The van der Waals surface area contributed by atoms with Gasteiger partial charge in [-0.05, 0) is 24.1 Å². The van der Waals surface area contributed by atoms with Crippen molar-refractivity contribution in [2.24, 2.45) is 0 Å². The molecule has 1 aliphatic rings. The Morgan fingerprint density at radius 2 is 2.06 bits per heavy atom. The van der Waals surface area contributed by atoms with Gasteiger partial charge in [-0.1, -0.05) is 26.0 Å². The summed E-state index contributed by atoms with van der Waals surface area (Å²) in [6.07, 6.45) is -0.157. The number of aliphatic hydroxyl groups excluding tert-OH is 1. The lowest BCUT2D eigenvalue weighted by Gasteiger charge is -2.23. The average molecular weight is 248 g/mol. The first-order valence-corrected chi connectivity index (χ1v) is 6.34. The van der Waals surface area contributed by atoms with E-state index in [1.165, 1.54) is 0 Å². The van der Waals surface area contributed by atoms with Crippen molar-refractivity contribution < 1.29 is 9.90 Å². The summed E-state index contributed by atoms with van der Waals surface area (Å²) in [5.41, 5.74) is 2.68. The predicted molar refractivity (Wildman–Crippen MR) is 71.5 cm³/mol. The molecule has 0 saturated carbocycles. The van der Waals surface area contributed by atoms with Gasteiger partial charge in [0.1, 0.15) is 0 Å². The van der Waals surface area contributed by atoms with Gasteiger partial charge in [0, 0.05) is 17.8 Å². The van der Waals surface area contributed by atoms with Gasteiger partial charge in [0.15, 0.2) is 0 Å². The van der Waals surface area contributed by atoms with Crippen molar-refractivity contribution in [2.45, 2.75) is 45.4 Å². The first kappa shape index (κ1) is 13.1. The van der Waals surface area contributed by atoms with Crippen LogP contribution in [-0.2, 0) is 11.2 Å². The molecule has 1 aromatic carbocycles. The van der Waals surface area contributed by atoms with Crippen molar-refractivity contribution in [1.82, 2.24) is 5.32 Å². The van der Waals surface area contributed by atoms with Gasteiger partial charge < -0.3 is 15.7 Å². The lowest BCUT2D eigenvalue weighted by molar-refractivity contribution is -0.115. The molecule has 1 heterocycles. The summed E-state index contributed by atoms with van der Waals surface area (Å²) >= 11 is 0. The second-order valence-electron chi connectivity index (χ2n) is 5.20. The minimum Gasteiger partial charge on any atom is -0.387 e. The second-order valence-corrected chi connectivity index (χ2v) is 5.20. The van der Waals surface area contributed by atoms with Crippen LogP contribution in [0.4, 0.5) is 5.69 Å².